The van der Waals surface area contributed by atoms with Crippen LogP contribution in [0.4, 0.5) is 0 Å². The fourth-order valence-corrected chi connectivity index (χ4v) is 4.35. The Morgan fingerprint density at radius 3 is 2.37 bits per heavy atom. The minimum Gasteiger partial charge on any atom is -0.550 e. The Labute approximate surface area is 181 Å². The van der Waals surface area contributed by atoms with E-state index in [4.69, 9.17) is 14.5 Å². The molecule has 1 heterocycles. The molecule has 0 aliphatic heterocycles. The summed E-state index contributed by atoms with van der Waals surface area (Å²) < 4.78 is 12.7. The van der Waals surface area contributed by atoms with E-state index in [0.29, 0.717) is 0 Å². The highest BCUT2D eigenvalue weighted by Crippen LogP contribution is 2.35. The van der Waals surface area contributed by atoms with Gasteiger partial charge in [-0.2, -0.15) is 0 Å². The van der Waals surface area contributed by atoms with Crippen molar-refractivity contribution in [2.45, 2.75) is 70.0 Å². The number of esters is 1. The smallest absolute Gasteiger partial charge is 0.306 e. The predicted molar refractivity (Wildman–Crippen MR) is 112 cm³/mol. The van der Waals surface area contributed by atoms with Gasteiger partial charge in [0.1, 0.15) is 24.2 Å². The minimum absolute atomic E-state index is 0.0657. The van der Waals surface area contributed by atoms with Gasteiger partial charge in [-0.1, -0.05) is 31.7 Å². The first kappa shape index (κ1) is 24.0. The van der Waals surface area contributed by atoms with E-state index in [9.17, 15) is 14.7 Å². The molecule has 0 saturated carbocycles. The van der Waals surface area contributed by atoms with Gasteiger partial charge in [-0.05, 0) is 56.4 Å². The molecule has 0 amide bonds. The number of aryl methyl sites for hydroxylation is 3. The summed E-state index contributed by atoms with van der Waals surface area (Å²) >= 11 is 1.67. The van der Waals surface area contributed by atoms with Crippen LogP contribution < -0.4 is 5.11 Å². The average molecular weight is 434 g/mol. The molecule has 2 aromatic rings. The van der Waals surface area contributed by atoms with E-state index in [-0.39, 0.29) is 38.7 Å². The van der Waals surface area contributed by atoms with Gasteiger partial charge in [0.25, 0.3) is 0 Å². The minimum atomic E-state index is -1.27. The van der Waals surface area contributed by atoms with Gasteiger partial charge in [-0.3, -0.25) is 9.36 Å². The second-order valence-electron chi connectivity index (χ2n) is 7.49. The van der Waals surface area contributed by atoms with Gasteiger partial charge >= 0.3 is 5.97 Å². The molecule has 0 radical (unpaired) electrons. The quantitative estimate of drug-likeness (QED) is 0.397. The van der Waals surface area contributed by atoms with Crippen molar-refractivity contribution < 1.29 is 24.2 Å². The molecule has 0 aliphatic carbocycles. The molecule has 2 rings (SSSR count). The molecule has 0 bridgehead atoms. The van der Waals surface area contributed by atoms with Gasteiger partial charge in [-0.15, -0.1) is 0 Å². The fraction of sp³-hybridized carbons (Fsp3) is 0.500. The Kier molecular flexibility index (Phi) is 8.92. The first-order valence-electron chi connectivity index (χ1n) is 9.93. The van der Waals surface area contributed by atoms with E-state index < -0.39 is 11.9 Å². The fourth-order valence-electron chi connectivity index (χ4n) is 2.95. The number of nitrogens with zero attached hydrogens (tertiary/aromatic N) is 2. The topological polar surface area (TPSA) is 93.5 Å². The van der Waals surface area contributed by atoms with Gasteiger partial charge in [0, 0.05) is 10.9 Å². The summed E-state index contributed by atoms with van der Waals surface area (Å²) in [6, 6.07) is 6.45. The van der Waals surface area contributed by atoms with Crippen molar-refractivity contribution in [2.75, 3.05) is 13.2 Å². The third kappa shape index (κ3) is 7.18. The third-order valence-corrected chi connectivity index (χ3v) is 5.43. The second-order valence-corrected chi connectivity index (χ2v) is 8.55. The van der Waals surface area contributed by atoms with Crippen molar-refractivity contribution in [1.29, 1.82) is 0 Å². The van der Waals surface area contributed by atoms with Crippen molar-refractivity contribution in [1.82, 2.24) is 9.55 Å². The Bertz CT molecular complexity index is 872. The maximum Gasteiger partial charge on any atom is 0.306 e. The average Bonchev–Trinajstić information content (AvgIpc) is 2.95. The van der Waals surface area contributed by atoms with Gasteiger partial charge in [0.15, 0.2) is 0 Å². The van der Waals surface area contributed by atoms with Crippen molar-refractivity contribution >= 4 is 23.7 Å². The summed E-state index contributed by atoms with van der Waals surface area (Å²) in [6.45, 7) is 10.9. The lowest BCUT2D eigenvalue weighted by Crippen LogP contribution is -2.23. The Morgan fingerprint density at radius 2 is 1.77 bits per heavy atom. The number of hydrogen-bond donors (Lipinski definition) is 0. The van der Waals surface area contributed by atoms with E-state index in [1.165, 1.54) is 11.1 Å². The molecule has 164 valence electrons. The summed E-state index contributed by atoms with van der Waals surface area (Å²) in [7, 11) is 0. The zero-order valence-corrected chi connectivity index (χ0v) is 19.0. The van der Waals surface area contributed by atoms with E-state index in [1.54, 1.807) is 11.8 Å². The summed E-state index contributed by atoms with van der Waals surface area (Å²) in [4.78, 5) is 27.7. The third-order valence-electron chi connectivity index (χ3n) is 4.34. The molecule has 0 aliphatic rings. The lowest BCUT2D eigenvalue weighted by molar-refractivity contribution is -0.305. The number of carboxylic acids is 1. The Morgan fingerprint density at radius 1 is 1.10 bits per heavy atom. The van der Waals surface area contributed by atoms with E-state index in [0.717, 1.165) is 21.4 Å². The lowest BCUT2D eigenvalue weighted by Gasteiger charge is -2.14. The molecule has 1 aromatic heterocycles. The van der Waals surface area contributed by atoms with E-state index in [1.807, 2.05) is 11.5 Å². The second kappa shape index (κ2) is 11.2. The van der Waals surface area contributed by atoms with Crippen LogP contribution in [0.1, 0.15) is 55.3 Å². The standard InChI is InChI=1S/C22H30N2O5S/c1-14(2)21-22(30-18-11-15(3)10-16(4)12-18)24(17(5)23-21)13-28-8-9-29-20(27)7-6-19(25)26/h10-12,14H,6-9,13H2,1-5H3,(H,25,26)/p-1. The number of imidazole rings is 1. The van der Waals surface area contributed by atoms with Gasteiger partial charge < -0.3 is 19.4 Å². The van der Waals surface area contributed by atoms with Crippen LogP contribution in [-0.2, 0) is 25.8 Å². The van der Waals surface area contributed by atoms with Crippen molar-refractivity contribution in [3.8, 4) is 0 Å². The Balaban J connectivity index is 2.01. The monoisotopic (exact) mass is 433 g/mol. The van der Waals surface area contributed by atoms with Crippen LogP contribution in [0.25, 0.3) is 0 Å². The van der Waals surface area contributed by atoms with E-state index >= 15 is 0 Å². The van der Waals surface area contributed by atoms with Crippen LogP contribution in [0, 0.1) is 20.8 Å². The SMILES string of the molecule is Cc1cc(C)cc(Sc2c(C(C)C)nc(C)n2COCCOC(=O)CCC(=O)[O-])c1. The number of hydrogen-bond acceptors (Lipinski definition) is 7. The molecule has 0 atom stereocenters. The number of benzene rings is 1. The predicted octanol–water partition coefficient (Wildman–Crippen LogP) is 3.13. The molecule has 7 nitrogen and oxygen atoms in total. The number of ether oxygens (including phenoxy) is 2. The number of aliphatic carboxylic acids is 1. The van der Waals surface area contributed by atoms with Crippen LogP contribution in [0.5, 0.6) is 0 Å². The largest absolute Gasteiger partial charge is 0.550 e. The first-order chi connectivity index (χ1) is 14.2. The van der Waals surface area contributed by atoms with Crippen molar-refractivity contribution in [2.24, 2.45) is 0 Å². The molecule has 0 spiro atoms. The number of carbonyl (C=O) groups is 2. The molecule has 8 heteroatoms. The van der Waals surface area contributed by atoms with Crippen molar-refractivity contribution in [3.05, 3.63) is 40.8 Å². The zero-order chi connectivity index (χ0) is 22.3. The molecule has 0 saturated heterocycles. The number of carbonyl (C=O) groups excluding carboxylic acids is 2. The summed E-state index contributed by atoms with van der Waals surface area (Å²) in [5.74, 6) is -0.720. The highest BCUT2D eigenvalue weighted by Gasteiger charge is 2.19. The zero-order valence-electron chi connectivity index (χ0n) is 18.2. The van der Waals surface area contributed by atoms with Crippen LogP contribution in [0.15, 0.2) is 28.1 Å². The maximum absolute atomic E-state index is 11.4. The summed E-state index contributed by atoms with van der Waals surface area (Å²) in [6.07, 6.45) is -0.539. The van der Waals surface area contributed by atoms with Crippen molar-refractivity contribution in [3.63, 3.8) is 0 Å². The van der Waals surface area contributed by atoms with Crippen LogP contribution >= 0.6 is 11.8 Å². The number of carboxylic acid groups (broad SMARTS) is 1. The maximum atomic E-state index is 11.4. The van der Waals surface area contributed by atoms with Gasteiger partial charge in [-0.25, -0.2) is 4.98 Å². The molecule has 0 fully saturated rings. The summed E-state index contributed by atoms with van der Waals surface area (Å²) in [5.41, 5.74) is 3.44. The molecule has 0 N–H and O–H groups in total. The lowest BCUT2D eigenvalue weighted by atomic mass is 10.1. The molecular formula is C22H29N2O5S-. The number of rotatable bonds is 11. The summed E-state index contributed by atoms with van der Waals surface area (Å²) in [5, 5.41) is 11.4. The Hall–Kier alpha value is -2.32. The molecule has 30 heavy (non-hydrogen) atoms. The molecular weight excluding hydrogens is 404 g/mol. The van der Waals surface area contributed by atoms with Gasteiger partial charge in [0.2, 0.25) is 0 Å². The van der Waals surface area contributed by atoms with Gasteiger partial charge in [0.05, 0.1) is 18.7 Å². The van der Waals surface area contributed by atoms with E-state index in [2.05, 4.69) is 45.9 Å². The normalized spacial score (nSPS) is 11.1. The first-order valence-corrected chi connectivity index (χ1v) is 10.8. The van der Waals surface area contributed by atoms with Crippen LogP contribution in [0.2, 0.25) is 0 Å². The highest BCUT2D eigenvalue weighted by molar-refractivity contribution is 7.99. The molecule has 0 unspecified atom stereocenters. The van der Waals surface area contributed by atoms with Crippen LogP contribution in [0.3, 0.4) is 0 Å². The molecule has 1 aromatic carbocycles. The van der Waals surface area contributed by atoms with Crippen LogP contribution in [-0.4, -0.2) is 34.7 Å². The highest BCUT2D eigenvalue weighted by atomic mass is 32.2. The number of aromatic nitrogens is 2.